The maximum absolute atomic E-state index is 14.5. The molecule has 4 rings (SSSR count). The second kappa shape index (κ2) is 10.5. The van der Waals surface area contributed by atoms with E-state index in [-0.39, 0.29) is 17.8 Å². The first-order chi connectivity index (χ1) is 16.0. The van der Waals surface area contributed by atoms with Crippen LogP contribution in [0.25, 0.3) is 0 Å². The van der Waals surface area contributed by atoms with E-state index in [1.54, 1.807) is 19.2 Å². The Balaban J connectivity index is 1.30. The fourth-order valence-electron chi connectivity index (χ4n) is 3.61. The highest BCUT2D eigenvalue weighted by Crippen LogP contribution is 2.31. The molecular formula is C27H29FN2O3. The molecule has 172 valence electrons. The van der Waals surface area contributed by atoms with Gasteiger partial charge in [0.15, 0.2) is 0 Å². The highest BCUT2D eigenvalue weighted by Gasteiger charge is 2.21. The van der Waals surface area contributed by atoms with Crippen molar-refractivity contribution >= 4 is 5.91 Å². The monoisotopic (exact) mass is 448 g/mol. The second-order valence-corrected chi connectivity index (χ2v) is 8.61. The number of nitrogens with one attached hydrogen (secondary N) is 1. The molecular weight excluding hydrogens is 419 g/mol. The lowest BCUT2D eigenvalue weighted by Gasteiger charge is -2.14. The van der Waals surface area contributed by atoms with Crippen LogP contribution in [0, 0.1) is 11.7 Å². The number of hydrogen-bond donors (Lipinski definition) is 1. The summed E-state index contributed by atoms with van der Waals surface area (Å²) < 4.78 is 26.1. The number of pyridine rings is 1. The van der Waals surface area contributed by atoms with E-state index in [0.29, 0.717) is 29.5 Å². The Hall–Kier alpha value is -3.41. The fourth-order valence-corrected chi connectivity index (χ4v) is 3.61. The quantitative estimate of drug-likeness (QED) is 0.427. The second-order valence-electron chi connectivity index (χ2n) is 8.61. The van der Waals surface area contributed by atoms with Crippen molar-refractivity contribution in [3.05, 3.63) is 83.3 Å². The van der Waals surface area contributed by atoms with Crippen molar-refractivity contribution < 1.29 is 18.7 Å². The summed E-state index contributed by atoms with van der Waals surface area (Å²) >= 11 is 0. The van der Waals surface area contributed by atoms with Gasteiger partial charge in [-0.15, -0.1) is 0 Å². The molecule has 1 fully saturated rings. The summed E-state index contributed by atoms with van der Waals surface area (Å²) in [6.07, 6.45) is 5.72. The number of amides is 1. The molecule has 1 heterocycles. The molecule has 33 heavy (non-hydrogen) atoms. The van der Waals surface area contributed by atoms with Gasteiger partial charge in [0.05, 0.1) is 12.6 Å². The van der Waals surface area contributed by atoms with E-state index >= 15 is 0 Å². The van der Waals surface area contributed by atoms with Crippen LogP contribution >= 0.6 is 0 Å². The summed E-state index contributed by atoms with van der Waals surface area (Å²) in [6.45, 7) is 3.96. The van der Waals surface area contributed by atoms with Crippen LogP contribution in [0.4, 0.5) is 4.39 Å². The molecule has 3 aromatic rings. The maximum atomic E-state index is 14.5. The average Bonchev–Trinajstić information content (AvgIpc) is 3.62. The summed E-state index contributed by atoms with van der Waals surface area (Å²) in [4.78, 5) is 15.6. The SMILES string of the molecule is CC(=O)NC(C)c1ccc(CCc2ccc(Oc3cccc(OCC4CC4)c3)nc2)cc1F. The molecule has 0 aliphatic heterocycles. The number of aromatic nitrogens is 1. The Labute approximate surface area is 194 Å². The van der Waals surface area contributed by atoms with E-state index in [2.05, 4.69) is 10.3 Å². The molecule has 1 aromatic heterocycles. The van der Waals surface area contributed by atoms with Crippen molar-refractivity contribution in [2.75, 3.05) is 6.61 Å². The number of rotatable bonds is 10. The van der Waals surface area contributed by atoms with E-state index < -0.39 is 0 Å². The lowest BCUT2D eigenvalue weighted by atomic mass is 10.0. The molecule has 0 radical (unpaired) electrons. The number of aryl methyl sites for hydroxylation is 2. The van der Waals surface area contributed by atoms with Gasteiger partial charge in [-0.1, -0.05) is 24.3 Å². The van der Waals surface area contributed by atoms with E-state index in [0.717, 1.165) is 29.9 Å². The van der Waals surface area contributed by atoms with Gasteiger partial charge < -0.3 is 14.8 Å². The standard InChI is InChI=1S/C27H29FN2O3/c1-18(30-19(2)31)25-12-10-20(14-26(25)28)6-7-21-11-13-27(29-16-21)33-24-5-3-4-23(15-24)32-17-22-8-9-22/h3-5,10-16,18,22H,6-9,17H2,1-2H3,(H,30,31). The van der Waals surface area contributed by atoms with Crippen LogP contribution in [-0.4, -0.2) is 17.5 Å². The van der Waals surface area contributed by atoms with Crippen LogP contribution in [0.1, 0.15) is 49.4 Å². The summed E-state index contributed by atoms with van der Waals surface area (Å²) in [5.41, 5.74) is 2.42. The number of carbonyl (C=O) groups is 1. The largest absolute Gasteiger partial charge is 0.493 e. The van der Waals surface area contributed by atoms with E-state index in [1.165, 1.54) is 25.8 Å². The van der Waals surface area contributed by atoms with Crippen LogP contribution < -0.4 is 14.8 Å². The molecule has 1 unspecified atom stereocenters. The number of nitrogens with zero attached hydrogens (tertiary/aromatic N) is 1. The van der Waals surface area contributed by atoms with E-state index in [1.807, 2.05) is 42.5 Å². The summed E-state index contributed by atoms with van der Waals surface area (Å²) in [5.74, 6) is 2.22. The van der Waals surface area contributed by atoms with Crippen molar-refractivity contribution in [1.29, 1.82) is 0 Å². The third-order valence-electron chi connectivity index (χ3n) is 5.66. The van der Waals surface area contributed by atoms with Crippen LogP contribution in [-0.2, 0) is 17.6 Å². The van der Waals surface area contributed by atoms with Gasteiger partial charge in [-0.25, -0.2) is 9.37 Å². The Morgan fingerprint density at radius 1 is 1.09 bits per heavy atom. The molecule has 5 nitrogen and oxygen atoms in total. The van der Waals surface area contributed by atoms with E-state index in [9.17, 15) is 9.18 Å². The topological polar surface area (TPSA) is 60.5 Å². The zero-order chi connectivity index (χ0) is 23.2. The lowest BCUT2D eigenvalue weighted by molar-refractivity contribution is -0.119. The molecule has 1 aliphatic carbocycles. The van der Waals surface area contributed by atoms with Crippen LogP contribution in [0.15, 0.2) is 60.8 Å². The Morgan fingerprint density at radius 2 is 1.85 bits per heavy atom. The fraction of sp³-hybridized carbons (Fsp3) is 0.333. The lowest BCUT2D eigenvalue weighted by Crippen LogP contribution is -2.24. The molecule has 0 spiro atoms. The smallest absolute Gasteiger partial charge is 0.219 e. The van der Waals surface area contributed by atoms with Crippen molar-refractivity contribution in [3.63, 3.8) is 0 Å². The maximum Gasteiger partial charge on any atom is 0.219 e. The van der Waals surface area contributed by atoms with Gasteiger partial charge in [0.2, 0.25) is 11.8 Å². The van der Waals surface area contributed by atoms with Crippen molar-refractivity contribution in [1.82, 2.24) is 10.3 Å². The first kappa shape index (κ1) is 22.8. The molecule has 1 atom stereocenters. The molecule has 1 aliphatic rings. The molecule has 6 heteroatoms. The highest BCUT2D eigenvalue weighted by atomic mass is 19.1. The zero-order valence-electron chi connectivity index (χ0n) is 19.0. The first-order valence-electron chi connectivity index (χ1n) is 11.4. The van der Waals surface area contributed by atoms with Gasteiger partial charge in [0, 0.05) is 30.8 Å². The molecule has 1 saturated carbocycles. The minimum Gasteiger partial charge on any atom is -0.493 e. The molecule has 2 aromatic carbocycles. The van der Waals surface area contributed by atoms with Gasteiger partial charge in [-0.2, -0.15) is 0 Å². The van der Waals surface area contributed by atoms with Gasteiger partial charge in [-0.3, -0.25) is 4.79 Å². The van der Waals surface area contributed by atoms with Crippen molar-refractivity contribution in [3.8, 4) is 17.4 Å². The Morgan fingerprint density at radius 3 is 2.55 bits per heavy atom. The van der Waals surface area contributed by atoms with Crippen LogP contribution in [0.3, 0.4) is 0 Å². The Bertz CT molecular complexity index is 1100. The molecule has 1 N–H and O–H groups in total. The van der Waals surface area contributed by atoms with Gasteiger partial charge in [-0.05, 0) is 67.9 Å². The third kappa shape index (κ3) is 6.78. The van der Waals surface area contributed by atoms with Crippen LogP contribution in [0.2, 0.25) is 0 Å². The van der Waals surface area contributed by atoms with Gasteiger partial charge >= 0.3 is 0 Å². The number of ether oxygens (including phenoxy) is 2. The van der Waals surface area contributed by atoms with Gasteiger partial charge in [0.1, 0.15) is 17.3 Å². The number of benzene rings is 2. The number of halogens is 1. The Kier molecular flexibility index (Phi) is 7.23. The third-order valence-corrected chi connectivity index (χ3v) is 5.66. The number of hydrogen-bond acceptors (Lipinski definition) is 4. The highest BCUT2D eigenvalue weighted by molar-refractivity contribution is 5.73. The predicted octanol–water partition coefficient (Wildman–Crippen LogP) is 5.78. The summed E-state index contributed by atoms with van der Waals surface area (Å²) in [7, 11) is 0. The minimum absolute atomic E-state index is 0.180. The molecule has 0 bridgehead atoms. The molecule has 0 saturated heterocycles. The van der Waals surface area contributed by atoms with E-state index in [4.69, 9.17) is 9.47 Å². The van der Waals surface area contributed by atoms with Crippen molar-refractivity contribution in [2.45, 2.75) is 45.6 Å². The minimum atomic E-state index is -0.362. The van der Waals surface area contributed by atoms with Gasteiger partial charge in [0.25, 0.3) is 0 Å². The summed E-state index contributed by atoms with van der Waals surface area (Å²) in [5, 5.41) is 2.71. The average molecular weight is 449 g/mol. The zero-order valence-corrected chi connectivity index (χ0v) is 19.0. The number of carbonyl (C=O) groups excluding carboxylic acids is 1. The van der Waals surface area contributed by atoms with Crippen LogP contribution in [0.5, 0.6) is 17.4 Å². The summed E-state index contributed by atoms with van der Waals surface area (Å²) in [6, 6.07) is 16.2. The molecule has 1 amide bonds. The first-order valence-corrected chi connectivity index (χ1v) is 11.4. The predicted molar refractivity (Wildman–Crippen MR) is 125 cm³/mol. The van der Waals surface area contributed by atoms with Crippen molar-refractivity contribution in [2.24, 2.45) is 5.92 Å². The normalized spacial score (nSPS) is 13.9.